The standard InChI is InChI=1S/C11H12BrN3O2/c1-5-11(3,4)14-10-9(12)7(2)8(6-13-10)15(16)17/h1,6H,2-4H3,(H,13,14). The molecule has 0 radical (unpaired) electrons. The van der Waals surface area contributed by atoms with Gasteiger partial charge >= 0.3 is 0 Å². The summed E-state index contributed by atoms with van der Waals surface area (Å²) in [6, 6.07) is 0. The topological polar surface area (TPSA) is 68.1 Å². The van der Waals surface area contributed by atoms with Gasteiger partial charge in [0.05, 0.1) is 14.9 Å². The molecule has 0 fully saturated rings. The SMILES string of the molecule is C#CC(C)(C)Nc1ncc([N+](=O)[O-])c(C)c1Br. The van der Waals surface area contributed by atoms with Crippen LogP contribution in [0.25, 0.3) is 0 Å². The van der Waals surface area contributed by atoms with E-state index in [1.54, 1.807) is 6.92 Å². The number of rotatable bonds is 3. The molecule has 0 amide bonds. The maximum Gasteiger partial charge on any atom is 0.291 e. The van der Waals surface area contributed by atoms with Crippen LogP contribution in [-0.2, 0) is 0 Å². The number of halogens is 1. The Morgan fingerprint density at radius 2 is 2.24 bits per heavy atom. The third kappa shape index (κ3) is 2.94. The first-order chi connectivity index (χ1) is 7.78. The van der Waals surface area contributed by atoms with Crippen LogP contribution in [-0.4, -0.2) is 15.4 Å². The maximum absolute atomic E-state index is 10.7. The largest absolute Gasteiger partial charge is 0.353 e. The summed E-state index contributed by atoms with van der Waals surface area (Å²) in [6.45, 7) is 5.29. The lowest BCUT2D eigenvalue weighted by atomic mass is 10.1. The molecule has 0 bridgehead atoms. The van der Waals surface area contributed by atoms with Crippen molar-refractivity contribution in [3.05, 3.63) is 26.3 Å². The van der Waals surface area contributed by atoms with Gasteiger partial charge in [-0.2, -0.15) is 0 Å². The lowest BCUT2D eigenvalue weighted by Gasteiger charge is -2.21. The minimum Gasteiger partial charge on any atom is -0.353 e. The van der Waals surface area contributed by atoms with Gasteiger partial charge in [-0.05, 0) is 36.7 Å². The Hall–Kier alpha value is -1.61. The van der Waals surface area contributed by atoms with Crippen LogP contribution < -0.4 is 5.32 Å². The van der Waals surface area contributed by atoms with Crippen molar-refractivity contribution in [1.29, 1.82) is 0 Å². The predicted octanol–water partition coefficient (Wildman–Crippen LogP) is 2.88. The molecule has 0 aromatic carbocycles. The van der Waals surface area contributed by atoms with Crippen LogP contribution in [0.15, 0.2) is 10.7 Å². The second-order valence-electron chi connectivity index (χ2n) is 4.08. The average molecular weight is 298 g/mol. The second-order valence-corrected chi connectivity index (χ2v) is 4.88. The second kappa shape index (κ2) is 4.72. The van der Waals surface area contributed by atoms with Gasteiger partial charge < -0.3 is 5.32 Å². The first-order valence-corrected chi connectivity index (χ1v) is 5.63. The van der Waals surface area contributed by atoms with E-state index in [0.29, 0.717) is 15.9 Å². The van der Waals surface area contributed by atoms with Gasteiger partial charge in [0.1, 0.15) is 12.0 Å². The molecule has 0 atom stereocenters. The Balaban J connectivity index is 3.19. The Morgan fingerprint density at radius 3 is 2.71 bits per heavy atom. The number of aromatic nitrogens is 1. The van der Waals surface area contributed by atoms with Crippen LogP contribution in [0.1, 0.15) is 19.4 Å². The van der Waals surface area contributed by atoms with Gasteiger partial charge in [0, 0.05) is 5.56 Å². The summed E-state index contributed by atoms with van der Waals surface area (Å²) in [5, 5.41) is 13.7. The van der Waals surface area contributed by atoms with Crippen molar-refractivity contribution in [3.8, 4) is 12.3 Å². The summed E-state index contributed by atoms with van der Waals surface area (Å²) < 4.78 is 0.551. The highest BCUT2D eigenvalue weighted by atomic mass is 79.9. The Kier molecular flexibility index (Phi) is 3.73. The molecular weight excluding hydrogens is 286 g/mol. The van der Waals surface area contributed by atoms with E-state index in [1.807, 2.05) is 13.8 Å². The zero-order chi connectivity index (χ0) is 13.2. The molecule has 6 heteroatoms. The highest BCUT2D eigenvalue weighted by Crippen LogP contribution is 2.31. The molecule has 0 aliphatic heterocycles. The molecule has 0 unspecified atom stereocenters. The van der Waals surface area contributed by atoms with Crippen LogP contribution in [0, 0.1) is 29.4 Å². The molecule has 0 aliphatic rings. The Morgan fingerprint density at radius 1 is 1.65 bits per heavy atom. The van der Waals surface area contributed by atoms with Gasteiger partial charge in [-0.15, -0.1) is 6.42 Å². The molecule has 5 nitrogen and oxygen atoms in total. The maximum atomic E-state index is 10.7. The fraction of sp³-hybridized carbons (Fsp3) is 0.364. The number of pyridine rings is 1. The van der Waals surface area contributed by atoms with Crippen molar-refractivity contribution in [2.45, 2.75) is 26.3 Å². The predicted molar refractivity (Wildman–Crippen MR) is 69.9 cm³/mol. The molecule has 17 heavy (non-hydrogen) atoms. The summed E-state index contributed by atoms with van der Waals surface area (Å²) >= 11 is 3.28. The molecule has 1 N–H and O–H groups in total. The summed E-state index contributed by atoms with van der Waals surface area (Å²) in [4.78, 5) is 14.2. The number of terminal acetylenes is 1. The molecule has 0 saturated carbocycles. The van der Waals surface area contributed by atoms with E-state index < -0.39 is 10.5 Å². The zero-order valence-electron chi connectivity index (χ0n) is 9.74. The molecular formula is C11H12BrN3O2. The Labute approximate surface area is 108 Å². The van der Waals surface area contributed by atoms with Crippen LogP contribution in [0.2, 0.25) is 0 Å². The molecule has 0 aliphatic carbocycles. The molecule has 0 spiro atoms. The number of nitrogens with zero attached hydrogens (tertiary/aromatic N) is 2. The van der Waals surface area contributed by atoms with Crippen molar-refractivity contribution in [3.63, 3.8) is 0 Å². The Bertz CT molecular complexity index is 506. The molecule has 1 rings (SSSR count). The number of hydrogen-bond donors (Lipinski definition) is 1. The normalized spacial score (nSPS) is 10.8. The van der Waals surface area contributed by atoms with Gasteiger partial charge in [0.15, 0.2) is 0 Å². The van der Waals surface area contributed by atoms with E-state index in [4.69, 9.17) is 6.42 Å². The summed E-state index contributed by atoms with van der Waals surface area (Å²) in [7, 11) is 0. The van der Waals surface area contributed by atoms with Gasteiger partial charge in [-0.1, -0.05) is 5.92 Å². The van der Waals surface area contributed by atoms with E-state index in [2.05, 4.69) is 32.2 Å². The number of nitro groups is 1. The van der Waals surface area contributed by atoms with E-state index >= 15 is 0 Å². The molecule has 90 valence electrons. The van der Waals surface area contributed by atoms with Crippen LogP contribution in [0.4, 0.5) is 11.5 Å². The number of anilines is 1. The van der Waals surface area contributed by atoms with Crippen molar-refractivity contribution in [2.75, 3.05) is 5.32 Å². The van der Waals surface area contributed by atoms with Crippen molar-refractivity contribution in [1.82, 2.24) is 4.98 Å². The first-order valence-electron chi connectivity index (χ1n) is 4.84. The smallest absolute Gasteiger partial charge is 0.291 e. The van der Waals surface area contributed by atoms with E-state index in [1.165, 1.54) is 6.20 Å². The molecule has 0 saturated heterocycles. The van der Waals surface area contributed by atoms with E-state index in [0.717, 1.165) is 0 Å². The zero-order valence-corrected chi connectivity index (χ0v) is 11.3. The highest BCUT2D eigenvalue weighted by Gasteiger charge is 2.21. The molecule has 1 heterocycles. The minimum atomic E-state index is -0.571. The fourth-order valence-electron chi connectivity index (χ4n) is 1.17. The van der Waals surface area contributed by atoms with E-state index in [-0.39, 0.29) is 5.69 Å². The van der Waals surface area contributed by atoms with Crippen molar-refractivity contribution in [2.24, 2.45) is 0 Å². The van der Waals surface area contributed by atoms with Crippen molar-refractivity contribution < 1.29 is 4.92 Å². The summed E-state index contributed by atoms with van der Waals surface area (Å²) in [6.07, 6.45) is 6.57. The third-order valence-corrected chi connectivity index (χ3v) is 3.20. The quantitative estimate of drug-likeness (QED) is 0.529. The van der Waals surface area contributed by atoms with Crippen LogP contribution >= 0.6 is 15.9 Å². The first kappa shape index (κ1) is 13.5. The monoisotopic (exact) mass is 297 g/mol. The van der Waals surface area contributed by atoms with Crippen LogP contribution in [0.3, 0.4) is 0 Å². The minimum absolute atomic E-state index is 0.0269. The van der Waals surface area contributed by atoms with Gasteiger partial charge in [0.2, 0.25) is 0 Å². The number of hydrogen-bond acceptors (Lipinski definition) is 4. The van der Waals surface area contributed by atoms with Crippen molar-refractivity contribution >= 4 is 27.4 Å². The lowest BCUT2D eigenvalue weighted by molar-refractivity contribution is -0.385. The van der Waals surface area contributed by atoms with Gasteiger partial charge in [0.25, 0.3) is 5.69 Å². The van der Waals surface area contributed by atoms with Gasteiger partial charge in [-0.3, -0.25) is 10.1 Å². The average Bonchev–Trinajstić information content (AvgIpc) is 2.24. The highest BCUT2D eigenvalue weighted by molar-refractivity contribution is 9.10. The molecule has 1 aromatic rings. The fourth-order valence-corrected chi connectivity index (χ4v) is 1.58. The summed E-state index contributed by atoms with van der Waals surface area (Å²) in [5.41, 5.74) is -0.0841. The molecule has 1 aromatic heterocycles. The summed E-state index contributed by atoms with van der Waals surface area (Å²) in [5.74, 6) is 3.06. The van der Waals surface area contributed by atoms with Gasteiger partial charge in [-0.25, -0.2) is 4.98 Å². The van der Waals surface area contributed by atoms with E-state index in [9.17, 15) is 10.1 Å². The third-order valence-electron chi connectivity index (χ3n) is 2.23. The number of nitrogens with one attached hydrogen (secondary N) is 1. The van der Waals surface area contributed by atoms with Crippen LogP contribution in [0.5, 0.6) is 0 Å². The lowest BCUT2D eigenvalue weighted by Crippen LogP contribution is -2.29.